The van der Waals surface area contributed by atoms with Crippen LogP contribution in [0.3, 0.4) is 0 Å². The Bertz CT molecular complexity index is 1430. The van der Waals surface area contributed by atoms with Gasteiger partial charge < -0.3 is 10.2 Å². The summed E-state index contributed by atoms with van der Waals surface area (Å²) in [6.07, 6.45) is 4.81. The molecule has 39 heavy (non-hydrogen) atoms. The number of anilines is 3. The molecule has 6 heteroatoms. The Labute approximate surface area is 230 Å². The molecule has 1 saturated heterocycles. The number of benzene rings is 3. The van der Waals surface area contributed by atoms with Crippen molar-refractivity contribution in [2.24, 2.45) is 13.0 Å². The van der Waals surface area contributed by atoms with E-state index in [2.05, 4.69) is 34.4 Å². The number of piperidine rings is 1. The normalized spacial score (nSPS) is 13.9. The lowest BCUT2D eigenvalue weighted by molar-refractivity contribution is 0.0984. The summed E-state index contributed by atoms with van der Waals surface area (Å²) in [6.45, 7) is 6.40. The Morgan fingerprint density at radius 3 is 1.87 bits per heavy atom. The van der Waals surface area contributed by atoms with Gasteiger partial charge in [-0.3, -0.25) is 14.3 Å². The first-order valence-electron chi connectivity index (χ1n) is 13.7. The molecule has 1 aliphatic rings. The summed E-state index contributed by atoms with van der Waals surface area (Å²) in [7, 11) is 1.84. The molecule has 3 aromatic carbocycles. The minimum atomic E-state index is 0.0686. The number of hydrogen-bond donors (Lipinski definition) is 1. The molecular weight excluding hydrogens is 484 g/mol. The maximum Gasteiger partial charge on any atom is 0.170 e. The second-order valence-electron chi connectivity index (χ2n) is 10.7. The topological polar surface area (TPSA) is 67.2 Å². The number of carbonyl (C=O) groups excluding carboxylic acids is 2. The third-order valence-electron chi connectivity index (χ3n) is 7.80. The number of carbonyl (C=O) groups is 2. The number of nitrogens with one attached hydrogen (secondary N) is 1. The highest BCUT2D eigenvalue weighted by Crippen LogP contribution is 2.24. The largest absolute Gasteiger partial charge is 0.372 e. The Kier molecular flexibility index (Phi) is 7.92. The summed E-state index contributed by atoms with van der Waals surface area (Å²) in [4.78, 5) is 27.9. The van der Waals surface area contributed by atoms with Crippen LogP contribution in [0, 0.1) is 12.8 Å². The van der Waals surface area contributed by atoms with Crippen molar-refractivity contribution in [1.29, 1.82) is 0 Å². The molecule has 1 aliphatic heterocycles. The average Bonchev–Trinajstić information content (AvgIpc) is 3.29. The molecule has 0 aliphatic carbocycles. The second-order valence-corrected chi connectivity index (χ2v) is 10.7. The fourth-order valence-corrected chi connectivity index (χ4v) is 5.04. The van der Waals surface area contributed by atoms with Gasteiger partial charge in [0.25, 0.3) is 0 Å². The minimum absolute atomic E-state index is 0.0686. The van der Waals surface area contributed by atoms with Gasteiger partial charge in [0.05, 0.1) is 11.8 Å². The summed E-state index contributed by atoms with van der Waals surface area (Å²) in [5, 5.41) is 7.56. The monoisotopic (exact) mass is 520 g/mol. The molecule has 0 amide bonds. The highest BCUT2D eigenvalue weighted by atomic mass is 16.1. The van der Waals surface area contributed by atoms with E-state index in [-0.39, 0.29) is 11.6 Å². The molecule has 4 aromatic rings. The van der Waals surface area contributed by atoms with Crippen LogP contribution in [0.4, 0.5) is 17.1 Å². The number of hydrogen-bond acceptors (Lipinski definition) is 5. The Morgan fingerprint density at radius 1 is 0.821 bits per heavy atom. The maximum atomic E-state index is 12.9. The number of Topliss-reactive ketones (excluding diaryl/α,β-unsaturated/α-hetero) is 2. The van der Waals surface area contributed by atoms with E-state index in [9.17, 15) is 9.59 Å². The summed E-state index contributed by atoms with van der Waals surface area (Å²) in [6, 6.07) is 23.9. The van der Waals surface area contributed by atoms with E-state index in [1.807, 2.05) is 74.6 Å². The van der Waals surface area contributed by atoms with Crippen molar-refractivity contribution in [1.82, 2.24) is 9.78 Å². The fraction of sp³-hybridized carbons (Fsp3) is 0.303. The van der Waals surface area contributed by atoms with Crippen LogP contribution in [0.15, 0.2) is 79.0 Å². The Balaban J connectivity index is 1.13. The quantitative estimate of drug-likeness (QED) is 0.253. The van der Waals surface area contributed by atoms with Crippen molar-refractivity contribution in [3.63, 3.8) is 0 Å². The molecule has 5 rings (SSSR count). The van der Waals surface area contributed by atoms with Crippen molar-refractivity contribution in [2.45, 2.75) is 39.5 Å². The lowest BCUT2D eigenvalue weighted by Crippen LogP contribution is -2.32. The van der Waals surface area contributed by atoms with E-state index in [1.54, 1.807) is 10.9 Å². The minimum Gasteiger partial charge on any atom is -0.372 e. The zero-order valence-electron chi connectivity index (χ0n) is 23.0. The summed E-state index contributed by atoms with van der Waals surface area (Å²) in [5.41, 5.74) is 7.34. The first kappa shape index (κ1) is 26.4. The molecule has 0 unspecified atom stereocenters. The van der Waals surface area contributed by atoms with E-state index >= 15 is 0 Å². The molecule has 200 valence electrons. The third-order valence-corrected chi connectivity index (χ3v) is 7.80. The average molecular weight is 521 g/mol. The van der Waals surface area contributed by atoms with Crippen LogP contribution in [0.1, 0.15) is 57.3 Å². The SMILES string of the molecule is Cc1c(C(=O)Cc2ccc(Nc3ccc(CC(=O)c4ccc(N5CCC(C)CC5)cc4)cc3)cc2)cnn1C. The van der Waals surface area contributed by atoms with Crippen LogP contribution in [0.2, 0.25) is 0 Å². The van der Waals surface area contributed by atoms with E-state index in [1.165, 1.54) is 18.5 Å². The van der Waals surface area contributed by atoms with Crippen LogP contribution in [0.25, 0.3) is 0 Å². The van der Waals surface area contributed by atoms with Gasteiger partial charge in [-0.2, -0.15) is 5.10 Å². The molecule has 2 heterocycles. The maximum absolute atomic E-state index is 12.9. The van der Waals surface area contributed by atoms with Crippen molar-refractivity contribution in [3.05, 3.63) is 107 Å². The molecule has 1 N–H and O–H groups in total. The molecule has 6 nitrogen and oxygen atoms in total. The van der Waals surface area contributed by atoms with E-state index < -0.39 is 0 Å². The van der Waals surface area contributed by atoms with Gasteiger partial charge in [-0.05, 0) is 85.3 Å². The number of ketones is 2. The first-order chi connectivity index (χ1) is 18.9. The predicted molar refractivity (Wildman–Crippen MR) is 157 cm³/mol. The van der Waals surface area contributed by atoms with Gasteiger partial charge in [-0.1, -0.05) is 31.2 Å². The molecule has 0 bridgehead atoms. The lowest BCUT2D eigenvalue weighted by atomic mass is 9.98. The first-order valence-corrected chi connectivity index (χ1v) is 13.7. The fourth-order valence-electron chi connectivity index (χ4n) is 5.04. The van der Waals surface area contributed by atoms with Gasteiger partial charge in [0.2, 0.25) is 0 Å². The van der Waals surface area contributed by atoms with Gasteiger partial charge in [0.1, 0.15) is 0 Å². The summed E-state index contributed by atoms with van der Waals surface area (Å²) in [5.74, 6) is 0.995. The Hall–Kier alpha value is -4.19. The molecule has 1 aromatic heterocycles. The van der Waals surface area contributed by atoms with E-state index in [0.29, 0.717) is 18.4 Å². The van der Waals surface area contributed by atoms with Crippen LogP contribution < -0.4 is 10.2 Å². The van der Waals surface area contributed by atoms with Crippen molar-refractivity contribution < 1.29 is 9.59 Å². The van der Waals surface area contributed by atoms with Gasteiger partial charge in [0.15, 0.2) is 11.6 Å². The molecule has 0 radical (unpaired) electrons. The number of aromatic nitrogens is 2. The van der Waals surface area contributed by atoms with Crippen molar-refractivity contribution in [3.8, 4) is 0 Å². The Morgan fingerprint density at radius 2 is 1.36 bits per heavy atom. The van der Waals surface area contributed by atoms with Crippen LogP contribution in [-0.2, 0) is 19.9 Å². The van der Waals surface area contributed by atoms with Gasteiger partial charge in [0, 0.05) is 61.3 Å². The standard InChI is InChI=1S/C33H36N4O2/c1-23-16-18-37(19-17-23)30-14-8-27(9-15-30)32(38)20-25-4-10-28(11-5-25)35-29-12-6-26(7-13-29)21-33(39)31-22-34-36(3)24(31)2/h4-15,22-23,35H,16-21H2,1-3H3. The smallest absolute Gasteiger partial charge is 0.170 e. The van der Waals surface area contributed by atoms with Gasteiger partial charge in [-0.25, -0.2) is 0 Å². The zero-order valence-corrected chi connectivity index (χ0v) is 23.0. The van der Waals surface area contributed by atoms with Gasteiger partial charge >= 0.3 is 0 Å². The molecule has 0 atom stereocenters. The van der Waals surface area contributed by atoms with Gasteiger partial charge in [-0.15, -0.1) is 0 Å². The molecule has 1 fully saturated rings. The van der Waals surface area contributed by atoms with Crippen LogP contribution >= 0.6 is 0 Å². The number of rotatable bonds is 9. The van der Waals surface area contributed by atoms with E-state index in [0.717, 1.165) is 52.8 Å². The highest BCUT2D eigenvalue weighted by Gasteiger charge is 2.17. The van der Waals surface area contributed by atoms with Crippen LogP contribution in [0.5, 0.6) is 0 Å². The highest BCUT2D eigenvalue weighted by molar-refractivity contribution is 5.98. The summed E-state index contributed by atoms with van der Waals surface area (Å²) < 4.78 is 1.72. The molecule has 0 spiro atoms. The van der Waals surface area contributed by atoms with Crippen molar-refractivity contribution in [2.75, 3.05) is 23.3 Å². The number of nitrogens with zero attached hydrogens (tertiary/aromatic N) is 3. The second kappa shape index (κ2) is 11.7. The van der Waals surface area contributed by atoms with Crippen molar-refractivity contribution >= 4 is 28.6 Å². The number of aryl methyl sites for hydroxylation is 1. The summed E-state index contributed by atoms with van der Waals surface area (Å²) >= 11 is 0. The molecule has 0 saturated carbocycles. The predicted octanol–water partition coefficient (Wildman–Crippen LogP) is 6.56. The zero-order chi connectivity index (χ0) is 27.4. The third kappa shape index (κ3) is 6.45. The van der Waals surface area contributed by atoms with Crippen LogP contribution in [-0.4, -0.2) is 34.4 Å². The molecular formula is C33H36N4O2. The van der Waals surface area contributed by atoms with E-state index in [4.69, 9.17) is 0 Å². The lowest BCUT2D eigenvalue weighted by Gasteiger charge is -2.32.